The van der Waals surface area contributed by atoms with Gasteiger partial charge in [-0.15, -0.1) is 0 Å². The van der Waals surface area contributed by atoms with Crippen LogP contribution in [0.15, 0.2) is 36.4 Å². The topological polar surface area (TPSA) is 54.5 Å². The van der Waals surface area contributed by atoms with Crippen molar-refractivity contribution in [2.75, 3.05) is 59.6 Å². The Kier molecular flexibility index (Phi) is 6.87. The molecular weight excluding hydrogens is 437 g/mol. The maximum absolute atomic E-state index is 13.7. The van der Waals surface area contributed by atoms with Crippen molar-refractivity contribution in [3.63, 3.8) is 0 Å². The Morgan fingerprint density at radius 3 is 2.56 bits per heavy atom. The van der Waals surface area contributed by atoms with E-state index in [0.29, 0.717) is 32.1 Å². The van der Waals surface area contributed by atoms with Gasteiger partial charge in [-0.3, -0.25) is 14.6 Å². The number of carbonyl (C=O) groups excluding carboxylic acids is 1. The van der Waals surface area contributed by atoms with Crippen molar-refractivity contribution in [1.82, 2.24) is 14.7 Å². The molecule has 1 amide bonds. The predicted molar refractivity (Wildman–Crippen MR) is 126 cm³/mol. The molecule has 7 nitrogen and oxygen atoms in total. The molecule has 3 heterocycles. The second-order valence-electron chi connectivity index (χ2n) is 9.16. The van der Waals surface area contributed by atoms with Crippen molar-refractivity contribution >= 4 is 5.91 Å². The van der Waals surface area contributed by atoms with E-state index >= 15 is 0 Å². The average Bonchev–Trinajstić information content (AvgIpc) is 3.35. The molecule has 34 heavy (non-hydrogen) atoms. The number of hydrogen-bond donors (Lipinski definition) is 0. The number of ether oxygens (including phenoxy) is 3. The van der Waals surface area contributed by atoms with Crippen molar-refractivity contribution in [2.24, 2.45) is 0 Å². The largest absolute Gasteiger partial charge is 0.496 e. The van der Waals surface area contributed by atoms with Gasteiger partial charge < -0.3 is 19.1 Å². The quantitative estimate of drug-likeness (QED) is 0.648. The fourth-order valence-corrected chi connectivity index (χ4v) is 5.18. The van der Waals surface area contributed by atoms with Crippen LogP contribution in [0, 0.1) is 5.82 Å². The van der Waals surface area contributed by atoms with E-state index < -0.39 is 0 Å². The van der Waals surface area contributed by atoms with Crippen molar-refractivity contribution < 1.29 is 23.4 Å². The first-order valence-corrected chi connectivity index (χ1v) is 12.1. The highest BCUT2D eigenvalue weighted by molar-refractivity contribution is 5.79. The molecule has 2 aromatic carbocycles. The van der Waals surface area contributed by atoms with Gasteiger partial charge in [0.15, 0.2) is 11.5 Å². The molecule has 0 saturated carbocycles. The van der Waals surface area contributed by atoms with E-state index in [1.165, 1.54) is 6.07 Å². The van der Waals surface area contributed by atoms with Gasteiger partial charge in [-0.1, -0.05) is 6.07 Å². The van der Waals surface area contributed by atoms with Gasteiger partial charge in [0.2, 0.25) is 5.91 Å². The molecule has 0 aromatic heterocycles. The fourth-order valence-electron chi connectivity index (χ4n) is 5.18. The highest BCUT2D eigenvalue weighted by Crippen LogP contribution is 2.38. The molecule has 0 unspecified atom stereocenters. The van der Waals surface area contributed by atoms with Crippen LogP contribution in [-0.4, -0.2) is 80.2 Å². The monoisotopic (exact) mass is 469 g/mol. The lowest BCUT2D eigenvalue weighted by molar-refractivity contribution is -0.133. The van der Waals surface area contributed by atoms with E-state index in [1.807, 2.05) is 17.0 Å². The van der Waals surface area contributed by atoms with Gasteiger partial charge in [0, 0.05) is 44.8 Å². The van der Waals surface area contributed by atoms with E-state index in [-0.39, 0.29) is 17.8 Å². The standard InChI is InChI=1S/C26H32FN3O4/c1-32-23-7-5-21(27)15-20(23)17-28-9-11-29(12-10-28)18-26(31)30-8-2-3-22(30)19-4-6-24-25(16-19)34-14-13-33-24/h4-7,15-16,22H,2-3,8-14,17-18H2,1H3/t22-/m0/s1. The molecule has 0 aliphatic carbocycles. The lowest BCUT2D eigenvalue weighted by atomic mass is 10.0. The third kappa shape index (κ3) is 4.98. The fraction of sp³-hybridized carbons (Fsp3) is 0.500. The number of nitrogens with zero attached hydrogens (tertiary/aromatic N) is 3. The van der Waals surface area contributed by atoms with Gasteiger partial charge in [-0.25, -0.2) is 4.39 Å². The number of likely N-dealkylation sites (tertiary alicyclic amines) is 1. The number of benzene rings is 2. The summed E-state index contributed by atoms with van der Waals surface area (Å²) in [5.41, 5.74) is 1.97. The molecule has 2 aromatic rings. The zero-order valence-corrected chi connectivity index (χ0v) is 19.7. The van der Waals surface area contributed by atoms with Crippen LogP contribution in [0.2, 0.25) is 0 Å². The Morgan fingerprint density at radius 2 is 1.76 bits per heavy atom. The second-order valence-corrected chi connectivity index (χ2v) is 9.16. The molecule has 0 spiro atoms. The maximum Gasteiger partial charge on any atom is 0.237 e. The SMILES string of the molecule is COc1ccc(F)cc1CN1CCN(CC(=O)N2CCC[C@H]2c2ccc3c(c2)OCCO3)CC1. The molecule has 0 bridgehead atoms. The van der Waals surface area contributed by atoms with Crippen LogP contribution in [0.5, 0.6) is 17.2 Å². The van der Waals surface area contributed by atoms with Crippen LogP contribution >= 0.6 is 0 Å². The molecule has 3 aliphatic heterocycles. The maximum atomic E-state index is 13.7. The Bertz CT molecular complexity index is 1030. The molecule has 0 N–H and O–H groups in total. The number of methoxy groups -OCH3 is 1. The smallest absolute Gasteiger partial charge is 0.237 e. The zero-order valence-electron chi connectivity index (χ0n) is 19.7. The highest BCUT2D eigenvalue weighted by Gasteiger charge is 2.32. The molecule has 5 rings (SSSR count). The number of fused-ring (bicyclic) bond motifs is 1. The molecule has 2 fully saturated rings. The normalized spacial score (nSPS) is 21.0. The number of carbonyl (C=O) groups is 1. The number of halogens is 1. The van der Waals surface area contributed by atoms with Crippen LogP contribution in [-0.2, 0) is 11.3 Å². The number of piperazine rings is 1. The number of hydrogen-bond acceptors (Lipinski definition) is 6. The average molecular weight is 470 g/mol. The first-order valence-electron chi connectivity index (χ1n) is 12.1. The summed E-state index contributed by atoms with van der Waals surface area (Å²) in [7, 11) is 1.61. The third-order valence-corrected chi connectivity index (χ3v) is 6.98. The van der Waals surface area contributed by atoms with Crippen molar-refractivity contribution in [2.45, 2.75) is 25.4 Å². The number of rotatable bonds is 6. The van der Waals surface area contributed by atoms with Gasteiger partial charge >= 0.3 is 0 Å². The van der Waals surface area contributed by atoms with Crippen LogP contribution in [0.1, 0.15) is 30.0 Å². The first kappa shape index (κ1) is 22.9. The Hall–Kier alpha value is -2.84. The molecule has 1 atom stereocenters. The van der Waals surface area contributed by atoms with Gasteiger partial charge in [-0.2, -0.15) is 0 Å². The summed E-state index contributed by atoms with van der Waals surface area (Å²) in [5.74, 6) is 2.18. The Morgan fingerprint density at radius 1 is 1.00 bits per heavy atom. The van der Waals surface area contributed by atoms with E-state index in [1.54, 1.807) is 19.2 Å². The van der Waals surface area contributed by atoms with E-state index in [9.17, 15) is 9.18 Å². The zero-order chi connectivity index (χ0) is 23.5. The molecule has 3 aliphatic rings. The summed E-state index contributed by atoms with van der Waals surface area (Å²) in [4.78, 5) is 19.8. The van der Waals surface area contributed by atoms with E-state index in [2.05, 4.69) is 15.9 Å². The van der Waals surface area contributed by atoms with Crippen LogP contribution < -0.4 is 14.2 Å². The van der Waals surface area contributed by atoms with Crippen LogP contribution in [0.25, 0.3) is 0 Å². The minimum absolute atomic E-state index is 0.0880. The number of amides is 1. The summed E-state index contributed by atoms with van der Waals surface area (Å²) >= 11 is 0. The summed E-state index contributed by atoms with van der Waals surface area (Å²) in [6.07, 6.45) is 1.97. The minimum atomic E-state index is -0.252. The van der Waals surface area contributed by atoms with E-state index in [0.717, 1.165) is 68.2 Å². The molecule has 182 valence electrons. The van der Waals surface area contributed by atoms with Crippen molar-refractivity contribution in [1.29, 1.82) is 0 Å². The molecular formula is C26H32FN3O4. The Balaban J connectivity index is 1.16. The predicted octanol–water partition coefficient (Wildman–Crippen LogP) is 3.09. The summed E-state index contributed by atoms with van der Waals surface area (Å²) in [6, 6.07) is 10.8. The first-order chi connectivity index (χ1) is 16.6. The minimum Gasteiger partial charge on any atom is -0.496 e. The lowest BCUT2D eigenvalue weighted by Crippen LogP contribution is -2.49. The van der Waals surface area contributed by atoms with Gasteiger partial charge in [0.1, 0.15) is 24.8 Å². The molecule has 0 radical (unpaired) electrons. The highest BCUT2D eigenvalue weighted by atomic mass is 19.1. The summed E-state index contributed by atoms with van der Waals surface area (Å²) < 4.78 is 30.5. The molecule has 2 saturated heterocycles. The van der Waals surface area contributed by atoms with Crippen LogP contribution in [0.3, 0.4) is 0 Å². The third-order valence-electron chi connectivity index (χ3n) is 6.98. The lowest BCUT2D eigenvalue weighted by Gasteiger charge is -2.36. The van der Waals surface area contributed by atoms with Gasteiger partial charge in [0.25, 0.3) is 0 Å². The van der Waals surface area contributed by atoms with Gasteiger partial charge in [-0.05, 0) is 48.7 Å². The van der Waals surface area contributed by atoms with E-state index in [4.69, 9.17) is 14.2 Å². The Labute approximate surface area is 200 Å². The summed E-state index contributed by atoms with van der Waals surface area (Å²) in [5, 5.41) is 0. The summed E-state index contributed by atoms with van der Waals surface area (Å²) in [6.45, 7) is 6.27. The van der Waals surface area contributed by atoms with Crippen LogP contribution in [0.4, 0.5) is 4.39 Å². The van der Waals surface area contributed by atoms with Crippen molar-refractivity contribution in [3.8, 4) is 17.2 Å². The van der Waals surface area contributed by atoms with Crippen molar-refractivity contribution in [3.05, 3.63) is 53.3 Å². The second kappa shape index (κ2) is 10.2. The van der Waals surface area contributed by atoms with Gasteiger partial charge in [0.05, 0.1) is 19.7 Å². The molecule has 8 heteroatoms.